The Labute approximate surface area is 251 Å². The van der Waals surface area contributed by atoms with Crippen LogP contribution in [0.25, 0.3) is 21.1 Å². The highest BCUT2D eigenvalue weighted by molar-refractivity contribution is 7.18. The minimum absolute atomic E-state index is 0.0487. The molecule has 4 aromatic rings. The molecular weight excluding hydrogens is 550 g/mol. The monoisotopic (exact) mass is 591 g/mol. The van der Waals surface area contributed by atoms with Crippen molar-refractivity contribution in [3.8, 4) is 0 Å². The van der Waals surface area contributed by atoms with Gasteiger partial charge in [-0.3, -0.25) is 14.8 Å². The number of thiophene rings is 1. The minimum Gasteiger partial charge on any atom is -0.466 e. The number of carbonyl (C=O) groups excluding carboxylic acids is 1. The van der Waals surface area contributed by atoms with Crippen molar-refractivity contribution in [3.05, 3.63) is 47.1 Å². The number of hydrogen-bond donors (Lipinski definition) is 1. The summed E-state index contributed by atoms with van der Waals surface area (Å²) in [5, 5.41) is 8.37. The average molecular weight is 592 g/mol. The number of esters is 1. The summed E-state index contributed by atoms with van der Waals surface area (Å²) in [6, 6.07) is 8.46. The molecule has 10 nitrogen and oxygen atoms in total. The fourth-order valence-corrected chi connectivity index (χ4v) is 7.00. The van der Waals surface area contributed by atoms with E-state index in [1.807, 2.05) is 31.5 Å². The van der Waals surface area contributed by atoms with E-state index in [-0.39, 0.29) is 12.1 Å². The molecule has 3 aromatic heterocycles. The normalized spacial score (nSPS) is 18.7. The highest BCUT2D eigenvalue weighted by Gasteiger charge is 2.26. The molecule has 224 valence electrons. The molecule has 2 saturated heterocycles. The molecule has 1 unspecified atom stereocenters. The number of aromatic nitrogens is 4. The van der Waals surface area contributed by atoms with Gasteiger partial charge in [-0.2, -0.15) is 5.10 Å². The van der Waals surface area contributed by atoms with Gasteiger partial charge in [0, 0.05) is 56.0 Å². The lowest BCUT2D eigenvalue weighted by Crippen LogP contribution is -2.45. The third-order valence-corrected chi connectivity index (χ3v) is 9.32. The Bertz CT molecular complexity index is 1470. The van der Waals surface area contributed by atoms with Crippen molar-refractivity contribution in [2.45, 2.75) is 51.7 Å². The molecule has 0 aliphatic carbocycles. The second-order valence-electron chi connectivity index (χ2n) is 11.2. The number of nitrogens with one attached hydrogen (secondary N) is 1. The quantitative estimate of drug-likeness (QED) is 0.184. The maximum atomic E-state index is 11.4. The summed E-state index contributed by atoms with van der Waals surface area (Å²) >= 11 is 1.81. The van der Waals surface area contributed by atoms with E-state index in [0.29, 0.717) is 26.2 Å². The summed E-state index contributed by atoms with van der Waals surface area (Å²) in [6.45, 7) is 11.0. The predicted molar refractivity (Wildman–Crippen MR) is 166 cm³/mol. The molecule has 0 radical (unpaired) electrons. The van der Waals surface area contributed by atoms with E-state index in [2.05, 4.69) is 37.0 Å². The Morgan fingerprint density at radius 3 is 2.83 bits per heavy atom. The number of aromatic amines is 1. The first-order valence-corrected chi connectivity index (χ1v) is 16.1. The number of nitrogens with zero attached hydrogens (tertiary/aromatic N) is 6. The van der Waals surface area contributed by atoms with E-state index in [0.717, 1.165) is 91.3 Å². The number of carbonyl (C=O) groups is 1. The molecule has 2 fully saturated rings. The number of H-pyrrole nitrogens is 1. The molecular formula is C31H41N7O3S. The van der Waals surface area contributed by atoms with Crippen LogP contribution in [0.15, 0.2) is 36.7 Å². The van der Waals surface area contributed by atoms with E-state index < -0.39 is 0 Å². The fourth-order valence-electron chi connectivity index (χ4n) is 5.98. The van der Waals surface area contributed by atoms with Gasteiger partial charge in [-0.15, -0.1) is 11.3 Å². The molecule has 0 saturated carbocycles. The second-order valence-corrected chi connectivity index (χ2v) is 12.4. The van der Waals surface area contributed by atoms with Gasteiger partial charge < -0.3 is 19.3 Å². The van der Waals surface area contributed by atoms with Crippen molar-refractivity contribution in [2.24, 2.45) is 0 Å². The van der Waals surface area contributed by atoms with Gasteiger partial charge in [0.2, 0.25) is 5.95 Å². The Hall–Kier alpha value is -3.12. The topological polar surface area (TPSA) is 99.7 Å². The molecule has 5 heterocycles. The molecule has 1 N–H and O–H groups in total. The molecule has 11 heteroatoms. The van der Waals surface area contributed by atoms with E-state index in [9.17, 15) is 4.79 Å². The van der Waals surface area contributed by atoms with Crippen LogP contribution in [-0.2, 0) is 20.8 Å². The summed E-state index contributed by atoms with van der Waals surface area (Å²) in [7, 11) is 0. The molecule has 0 amide bonds. The first-order valence-electron chi connectivity index (χ1n) is 15.3. The summed E-state index contributed by atoms with van der Waals surface area (Å²) in [5.41, 5.74) is 3.20. The third kappa shape index (κ3) is 7.08. The van der Waals surface area contributed by atoms with Gasteiger partial charge in [-0.25, -0.2) is 9.97 Å². The second kappa shape index (κ2) is 13.9. The molecule has 6 rings (SSSR count). The van der Waals surface area contributed by atoms with E-state index in [1.54, 1.807) is 11.3 Å². The van der Waals surface area contributed by atoms with Crippen LogP contribution in [0, 0.1) is 0 Å². The first kappa shape index (κ1) is 29.0. The smallest absolute Gasteiger partial charge is 0.305 e. The average Bonchev–Trinajstić information content (AvgIpc) is 3.66. The van der Waals surface area contributed by atoms with Crippen LogP contribution in [0.1, 0.15) is 55.6 Å². The maximum absolute atomic E-state index is 11.4. The van der Waals surface area contributed by atoms with Crippen molar-refractivity contribution in [3.63, 3.8) is 0 Å². The molecule has 1 aromatic carbocycles. The number of unbranched alkanes of at least 4 members (excludes halogenated alkanes) is 3. The summed E-state index contributed by atoms with van der Waals surface area (Å²) in [5.74, 6) is 0.708. The minimum atomic E-state index is -0.0643. The third-order valence-electron chi connectivity index (χ3n) is 8.28. The van der Waals surface area contributed by atoms with E-state index in [1.165, 1.54) is 17.7 Å². The van der Waals surface area contributed by atoms with Gasteiger partial charge in [0.15, 0.2) is 0 Å². The van der Waals surface area contributed by atoms with Crippen molar-refractivity contribution >= 4 is 44.4 Å². The zero-order valence-corrected chi connectivity index (χ0v) is 25.3. The Morgan fingerprint density at radius 2 is 1.95 bits per heavy atom. The van der Waals surface area contributed by atoms with Gasteiger partial charge >= 0.3 is 5.97 Å². The summed E-state index contributed by atoms with van der Waals surface area (Å²) < 4.78 is 12.3. The zero-order valence-electron chi connectivity index (χ0n) is 24.5. The molecule has 2 aliphatic heterocycles. The van der Waals surface area contributed by atoms with Crippen LogP contribution >= 0.6 is 11.3 Å². The van der Waals surface area contributed by atoms with Crippen LogP contribution in [0.3, 0.4) is 0 Å². The Morgan fingerprint density at radius 1 is 1.10 bits per heavy atom. The number of fused-ring (bicyclic) bond motifs is 2. The molecule has 1 atom stereocenters. The SMILES string of the molecule is CCOC(=O)CCCCCCN1CCN(Cc2cc3nc(N4CCOC(c5cccc6[nH]ncc56)C4)ncc3s2)CC1. The van der Waals surface area contributed by atoms with Crippen LogP contribution in [0.4, 0.5) is 5.95 Å². The van der Waals surface area contributed by atoms with Gasteiger partial charge in [-0.05, 0) is 44.0 Å². The van der Waals surface area contributed by atoms with Gasteiger partial charge in [0.25, 0.3) is 0 Å². The van der Waals surface area contributed by atoms with E-state index in [4.69, 9.17) is 19.4 Å². The number of ether oxygens (including phenoxy) is 2. The van der Waals surface area contributed by atoms with Crippen molar-refractivity contribution in [1.29, 1.82) is 0 Å². The lowest BCUT2D eigenvalue weighted by atomic mass is 10.0. The van der Waals surface area contributed by atoms with Gasteiger partial charge in [0.05, 0.1) is 47.9 Å². The standard InChI is InChI=1S/C31H41N7O3S/c1-2-40-30(39)10-5-3-4-6-11-36-12-14-37(15-13-36)21-23-18-27-29(42-23)20-32-31(34-27)38-16-17-41-28(22-38)24-8-7-9-26-25(24)19-33-35-26/h7-9,18-20,28H,2-6,10-17,21-22H2,1H3,(H,33,35). The van der Waals surface area contributed by atoms with Crippen LogP contribution in [0.2, 0.25) is 0 Å². The summed E-state index contributed by atoms with van der Waals surface area (Å²) in [6.07, 6.45) is 8.77. The molecule has 2 aliphatic rings. The van der Waals surface area contributed by atoms with Gasteiger partial charge in [-0.1, -0.05) is 25.0 Å². The number of anilines is 1. The Kier molecular flexibility index (Phi) is 9.59. The molecule has 0 bridgehead atoms. The maximum Gasteiger partial charge on any atom is 0.305 e. The Balaban J connectivity index is 0.973. The van der Waals surface area contributed by atoms with Crippen molar-refractivity contribution in [1.82, 2.24) is 30.0 Å². The van der Waals surface area contributed by atoms with E-state index >= 15 is 0 Å². The highest BCUT2D eigenvalue weighted by Crippen LogP contribution is 2.31. The largest absolute Gasteiger partial charge is 0.466 e. The number of hydrogen-bond acceptors (Lipinski definition) is 10. The van der Waals surface area contributed by atoms with Crippen LogP contribution < -0.4 is 4.90 Å². The molecule has 42 heavy (non-hydrogen) atoms. The van der Waals surface area contributed by atoms with Gasteiger partial charge in [0.1, 0.15) is 6.10 Å². The fraction of sp³-hybridized carbons (Fsp3) is 0.548. The zero-order chi connectivity index (χ0) is 28.7. The van der Waals surface area contributed by atoms with Crippen LogP contribution in [-0.4, -0.2) is 95.0 Å². The lowest BCUT2D eigenvalue weighted by molar-refractivity contribution is -0.143. The molecule has 0 spiro atoms. The number of benzene rings is 1. The van der Waals surface area contributed by atoms with Crippen LogP contribution in [0.5, 0.6) is 0 Å². The predicted octanol–water partition coefficient (Wildman–Crippen LogP) is 4.78. The summed E-state index contributed by atoms with van der Waals surface area (Å²) in [4.78, 5) is 29.9. The van der Waals surface area contributed by atoms with Crippen molar-refractivity contribution in [2.75, 3.05) is 63.9 Å². The number of piperazine rings is 1. The number of rotatable bonds is 12. The highest BCUT2D eigenvalue weighted by atomic mass is 32.1. The number of morpholine rings is 1. The lowest BCUT2D eigenvalue weighted by Gasteiger charge is -2.34. The van der Waals surface area contributed by atoms with Crippen molar-refractivity contribution < 1.29 is 14.3 Å². The first-order chi connectivity index (χ1) is 20.7.